The number of anilines is 2. The average molecular weight is 233 g/mol. The number of hydrogen-bond donors (Lipinski definition) is 3. The van der Waals surface area contributed by atoms with Crippen LogP contribution in [0.15, 0.2) is 0 Å². The van der Waals surface area contributed by atoms with Crippen molar-refractivity contribution in [1.29, 1.82) is 0 Å². The van der Waals surface area contributed by atoms with Gasteiger partial charge in [-0.05, 0) is 13.8 Å². The average Bonchev–Trinajstić information content (AvgIpc) is 2.46. The number of nitrogen functional groups attached to an aromatic ring is 1. The second-order valence-corrected chi connectivity index (χ2v) is 6.58. The Morgan fingerprint density at radius 3 is 2.53 bits per heavy atom. The molecular weight excluding hydrogens is 218 g/mol. The van der Waals surface area contributed by atoms with Gasteiger partial charge in [0, 0.05) is 12.8 Å². The zero-order valence-corrected chi connectivity index (χ0v) is 9.72. The van der Waals surface area contributed by atoms with Gasteiger partial charge in [-0.2, -0.15) is 4.98 Å². The SMILES string of the molecule is CC(C)(CNc1n[nH]c(N)n1)S(C)(=O)=O. The first-order valence-electron chi connectivity index (χ1n) is 4.34. The molecule has 0 amide bonds. The monoisotopic (exact) mass is 233 g/mol. The van der Waals surface area contributed by atoms with Gasteiger partial charge in [-0.3, -0.25) is 0 Å². The number of nitrogens with two attached hydrogens (primary N) is 1. The molecule has 1 aromatic heterocycles. The number of sulfone groups is 1. The van der Waals surface area contributed by atoms with Gasteiger partial charge in [0.15, 0.2) is 9.84 Å². The molecule has 4 N–H and O–H groups in total. The molecule has 0 spiro atoms. The quantitative estimate of drug-likeness (QED) is 0.653. The molecule has 1 aromatic rings. The van der Waals surface area contributed by atoms with Crippen LogP contribution in [-0.4, -0.2) is 41.1 Å². The first-order valence-corrected chi connectivity index (χ1v) is 6.23. The zero-order chi connectivity index (χ0) is 11.7. The van der Waals surface area contributed by atoms with Gasteiger partial charge >= 0.3 is 0 Å². The van der Waals surface area contributed by atoms with Gasteiger partial charge in [0.1, 0.15) is 0 Å². The van der Waals surface area contributed by atoms with E-state index in [1.807, 2.05) is 0 Å². The van der Waals surface area contributed by atoms with Crippen molar-refractivity contribution in [3.63, 3.8) is 0 Å². The molecule has 0 unspecified atom stereocenters. The van der Waals surface area contributed by atoms with Gasteiger partial charge in [-0.25, -0.2) is 13.5 Å². The molecule has 0 fully saturated rings. The molecule has 7 nitrogen and oxygen atoms in total. The van der Waals surface area contributed by atoms with E-state index in [-0.39, 0.29) is 12.5 Å². The van der Waals surface area contributed by atoms with Crippen LogP contribution in [0.1, 0.15) is 13.8 Å². The predicted molar refractivity (Wildman–Crippen MR) is 58.2 cm³/mol. The normalized spacial score (nSPS) is 12.7. The van der Waals surface area contributed by atoms with Crippen LogP contribution >= 0.6 is 0 Å². The highest BCUT2D eigenvalue weighted by Gasteiger charge is 2.30. The molecule has 0 atom stereocenters. The molecule has 0 aliphatic carbocycles. The number of hydrogen-bond acceptors (Lipinski definition) is 6. The first-order chi connectivity index (χ1) is 6.72. The molecule has 8 heteroatoms. The van der Waals surface area contributed by atoms with Gasteiger partial charge < -0.3 is 11.1 Å². The van der Waals surface area contributed by atoms with E-state index < -0.39 is 14.6 Å². The lowest BCUT2D eigenvalue weighted by Gasteiger charge is -2.22. The molecule has 0 saturated carbocycles. The summed E-state index contributed by atoms with van der Waals surface area (Å²) in [5.41, 5.74) is 5.32. The lowest BCUT2D eigenvalue weighted by molar-refractivity contribution is 0.559. The Morgan fingerprint density at radius 2 is 2.13 bits per heavy atom. The highest BCUT2D eigenvalue weighted by molar-refractivity contribution is 7.92. The third-order valence-corrected chi connectivity index (χ3v) is 4.33. The second kappa shape index (κ2) is 3.69. The van der Waals surface area contributed by atoms with Crippen molar-refractivity contribution < 1.29 is 8.42 Å². The van der Waals surface area contributed by atoms with E-state index in [2.05, 4.69) is 20.5 Å². The van der Waals surface area contributed by atoms with E-state index in [1.165, 1.54) is 6.26 Å². The highest BCUT2D eigenvalue weighted by Crippen LogP contribution is 2.15. The van der Waals surface area contributed by atoms with Gasteiger partial charge in [0.2, 0.25) is 11.9 Å². The van der Waals surface area contributed by atoms with Crippen molar-refractivity contribution in [1.82, 2.24) is 15.2 Å². The molecule has 0 radical (unpaired) electrons. The molecule has 0 saturated heterocycles. The maximum Gasteiger partial charge on any atom is 0.243 e. The summed E-state index contributed by atoms with van der Waals surface area (Å²) in [4.78, 5) is 3.80. The van der Waals surface area contributed by atoms with Crippen LogP contribution in [-0.2, 0) is 9.84 Å². The standard InChI is InChI=1S/C7H15N5O2S/c1-7(2,15(3,13)14)4-9-6-10-5(8)11-12-6/h4H2,1-3H3,(H4,8,9,10,11,12). The Labute approximate surface area is 88.4 Å². The third kappa shape index (κ3) is 2.82. The van der Waals surface area contributed by atoms with Crippen molar-refractivity contribution in [2.45, 2.75) is 18.6 Å². The van der Waals surface area contributed by atoms with Crippen LogP contribution in [0.4, 0.5) is 11.9 Å². The molecule has 1 rings (SSSR count). The summed E-state index contributed by atoms with van der Waals surface area (Å²) in [6, 6.07) is 0. The van der Waals surface area contributed by atoms with E-state index in [1.54, 1.807) is 13.8 Å². The Morgan fingerprint density at radius 1 is 1.53 bits per heavy atom. The summed E-state index contributed by atoms with van der Waals surface area (Å²) in [5.74, 6) is 0.485. The first kappa shape index (κ1) is 11.8. The van der Waals surface area contributed by atoms with Crippen molar-refractivity contribution >= 4 is 21.7 Å². The Hall–Kier alpha value is -1.31. The van der Waals surface area contributed by atoms with Gasteiger partial charge in [-0.1, -0.05) is 0 Å². The number of aromatic nitrogens is 3. The minimum Gasteiger partial charge on any atom is -0.368 e. The van der Waals surface area contributed by atoms with Crippen LogP contribution in [0.2, 0.25) is 0 Å². The van der Waals surface area contributed by atoms with Crippen molar-refractivity contribution in [2.75, 3.05) is 23.9 Å². The number of aromatic amines is 1. The minimum atomic E-state index is -3.13. The molecule has 0 aliphatic heterocycles. The van der Waals surface area contributed by atoms with Crippen LogP contribution in [0, 0.1) is 0 Å². The molecule has 0 aromatic carbocycles. The van der Waals surface area contributed by atoms with Crippen LogP contribution in [0.25, 0.3) is 0 Å². The number of rotatable bonds is 4. The molecule has 0 bridgehead atoms. The summed E-state index contributed by atoms with van der Waals surface area (Å²) < 4.78 is 21.9. The van der Waals surface area contributed by atoms with Crippen molar-refractivity contribution in [3.8, 4) is 0 Å². The fraction of sp³-hybridized carbons (Fsp3) is 0.714. The van der Waals surface area contributed by atoms with Crippen molar-refractivity contribution in [2.24, 2.45) is 0 Å². The summed E-state index contributed by atoms with van der Waals surface area (Å²) in [6.45, 7) is 3.49. The summed E-state index contributed by atoms with van der Waals surface area (Å²) in [6.07, 6.45) is 1.20. The fourth-order valence-electron chi connectivity index (χ4n) is 0.776. The van der Waals surface area contributed by atoms with Crippen LogP contribution in [0.5, 0.6) is 0 Å². The fourth-order valence-corrected chi connectivity index (χ4v) is 1.11. The van der Waals surface area contributed by atoms with Gasteiger partial charge in [-0.15, -0.1) is 5.10 Å². The Kier molecular flexibility index (Phi) is 2.89. The molecule has 86 valence electrons. The van der Waals surface area contributed by atoms with E-state index >= 15 is 0 Å². The van der Waals surface area contributed by atoms with Crippen LogP contribution in [0.3, 0.4) is 0 Å². The Balaban J connectivity index is 2.65. The van der Waals surface area contributed by atoms with E-state index in [0.29, 0.717) is 5.95 Å². The van der Waals surface area contributed by atoms with Gasteiger partial charge in [0.25, 0.3) is 0 Å². The number of H-pyrrole nitrogens is 1. The second-order valence-electron chi connectivity index (χ2n) is 3.93. The van der Waals surface area contributed by atoms with Gasteiger partial charge in [0.05, 0.1) is 4.75 Å². The third-order valence-electron chi connectivity index (χ3n) is 2.18. The highest BCUT2D eigenvalue weighted by atomic mass is 32.2. The maximum absolute atomic E-state index is 11.4. The van der Waals surface area contributed by atoms with Crippen molar-refractivity contribution in [3.05, 3.63) is 0 Å². The van der Waals surface area contributed by atoms with E-state index in [0.717, 1.165) is 0 Å². The smallest absolute Gasteiger partial charge is 0.243 e. The van der Waals surface area contributed by atoms with E-state index in [9.17, 15) is 8.42 Å². The topological polar surface area (TPSA) is 114 Å². The maximum atomic E-state index is 11.4. The molecule has 15 heavy (non-hydrogen) atoms. The zero-order valence-electron chi connectivity index (χ0n) is 8.90. The predicted octanol–water partition coefficient (Wildman–Crippen LogP) is -0.378. The number of nitrogens with one attached hydrogen (secondary N) is 2. The summed E-state index contributed by atoms with van der Waals surface area (Å²) in [5, 5.41) is 8.98. The molecular formula is C7H15N5O2S. The molecule has 1 heterocycles. The lowest BCUT2D eigenvalue weighted by atomic mass is 10.2. The Bertz CT molecular complexity index is 436. The molecule has 0 aliphatic rings. The summed E-state index contributed by atoms with van der Waals surface area (Å²) >= 11 is 0. The number of nitrogens with zero attached hydrogens (tertiary/aromatic N) is 2. The largest absolute Gasteiger partial charge is 0.368 e. The van der Waals surface area contributed by atoms with Crippen LogP contribution < -0.4 is 11.1 Å². The minimum absolute atomic E-state index is 0.190. The lowest BCUT2D eigenvalue weighted by Crippen LogP contribution is -2.38. The van der Waals surface area contributed by atoms with E-state index in [4.69, 9.17) is 5.73 Å². The summed E-state index contributed by atoms with van der Waals surface area (Å²) in [7, 11) is -3.13.